The molecule has 0 unspecified atom stereocenters. The lowest BCUT2D eigenvalue weighted by Gasteiger charge is -2.43. The molecule has 4 heterocycles. The average Bonchev–Trinajstić information content (AvgIpc) is 3.17. The number of rotatable bonds is 5. The maximum atomic E-state index is 13.5. The van der Waals surface area contributed by atoms with E-state index in [2.05, 4.69) is 24.3 Å². The number of fused-ring (bicyclic) bond motifs is 5. The number of carbonyl (C=O) groups is 2. The van der Waals surface area contributed by atoms with Crippen molar-refractivity contribution in [1.29, 1.82) is 0 Å². The lowest BCUT2D eigenvalue weighted by Crippen LogP contribution is -2.50. The summed E-state index contributed by atoms with van der Waals surface area (Å²) in [5.41, 5.74) is 1.13. The van der Waals surface area contributed by atoms with Gasteiger partial charge in [-0.3, -0.25) is 9.59 Å². The number of aliphatic carboxylic acids is 1. The summed E-state index contributed by atoms with van der Waals surface area (Å²) in [6, 6.07) is 14.2. The first kappa shape index (κ1) is 21.9. The van der Waals surface area contributed by atoms with Crippen molar-refractivity contribution < 1.29 is 14.7 Å². The maximum Gasteiger partial charge on any atom is 0.259 e. The van der Waals surface area contributed by atoms with Crippen LogP contribution in [0.15, 0.2) is 47.3 Å². The summed E-state index contributed by atoms with van der Waals surface area (Å²) in [5.74, 6) is -0.811. The van der Waals surface area contributed by atoms with E-state index in [1.54, 1.807) is 25.2 Å². The molecular formula is C26H27N2O4S-. The Morgan fingerprint density at radius 1 is 1.09 bits per heavy atom. The molecule has 2 atom stereocenters. The van der Waals surface area contributed by atoms with E-state index >= 15 is 0 Å². The molecule has 0 spiro atoms. The van der Waals surface area contributed by atoms with Gasteiger partial charge in [0, 0.05) is 53.2 Å². The molecule has 0 radical (unpaired) electrons. The molecule has 5 rings (SSSR count). The van der Waals surface area contributed by atoms with Crippen molar-refractivity contribution in [1.82, 2.24) is 9.47 Å². The molecule has 2 bridgehead atoms. The van der Waals surface area contributed by atoms with Crippen LogP contribution in [0, 0.1) is 11.3 Å². The number of thiophene rings is 1. The van der Waals surface area contributed by atoms with E-state index in [1.165, 1.54) is 4.70 Å². The number of likely N-dealkylation sites (tertiary alicyclic amines) is 1. The van der Waals surface area contributed by atoms with Crippen molar-refractivity contribution in [3.8, 4) is 10.4 Å². The Kier molecular flexibility index (Phi) is 5.40. The fourth-order valence-corrected chi connectivity index (χ4v) is 6.51. The molecule has 2 aliphatic rings. The van der Waals surface area contributed by atoms with Gasteiger partial charge >= 0.3 is 0 Å². The molecule has 2 aromatic heterocycles. The molecule has 33 heavy (non-hydrogen) atoms. The highest BCUT2D eigenvalue weighted by Gasteiger charge is 2.37. The molecule has 7 heteroatoms. The van der Waals surface area contributed by atoms with E-state index in [4.69, 9.17) is 0 Å². The first-order valence-electron chi connectivity index (χ1n) is 11.4. The zero-order valence-corrected chi connectivity index (χ0v) is 19.7. The number of hydrogen-bond donors (Lipinski definition) is 0. The smallest absolute Gasteiger partial charge is 0.259 e. The van der Waals surface area contributed by atoms with Gasteiger partial charge in [-0.05, 0) is 53.8 Å². The van der Waals surface area contributed by atoms with Gasteiger partial charge in [-0.1, -0.05) is 32.0 Å². The highest BCUT2D eigenvalue weighted by Crippen LogP contribution is 2.38. The van der Waals surface area contributed by atoms with Gasteiger partial charge in [0.1, 0.15) is 0 Å². The number of aromatic nitrogens is 1. The van der Waals surface area contributed by atoms with Crippen molar-refractivity contribution in [2.45, 2.75) is 45.6 Å². The summed E-state index contributed by atoms with van der Waals surface area (Å²) in [4.78, 5) is 40.3. The summed E-state index contributed by atoms with van der Waals surface area (Å²) in [7, 11) is 0. The Bertz CT molecular complexity index is 1270. The van der Waals surface area contributed by atoms with Crippen LogP contribution in [0.4, 0.5) is 0 Å². The minimum absolute atomic E-state index is 0.0198. The molecular weight excluding hydrogens is 436 g/mol. The highest BCUT2D eigenvalue weighted by molar-refractivity contribution is 7.22. The summed E-state index contributed by atoms with van der Waals surface area (Å²) in [5, 5.41) is 12.2. The number of benzene rings is 1. The zero-order valence-electron chi connectivity index (χ0n) is 18.9. The average molecular weight is 464 g/mol. The monoisotopic (exact) mass is 463 g/mol. The molecule has 1 fully saturated rings. The Labute approximate surface area is 196 Å². The van der Waals surface area contributed by atoms with E-state index in [1.807, 2.05) is 27.7 Å². The Morgan fingerprint density at radius 3 is 2.64 bits per heavy atom. The maximum absolute atomic E-state index is 13.5. The standard InChI is InChI=1S/C26H28N2O4S/c1-26(2,12-24(30)31)11-23(29)27-13-16-9-18(15-27)20-8-7-19(25(32)28(20)14-16)22-10-17-5-3-4-6-21(17)33-22/h3-8,10,16,18H,9,11-15H2,1-2H3,(H,30,31)/p-1/t16-,18+/m0/s1. The molecule has 3 aromatic rings. The topological polar surface area (TPSA) is 82.4 Å². The van der Waals surface area contributed by atoms with Gasteiger partial charge in [-0.15, -0.1) is 11.3 Å². The van der Waals surface area contributed by atoms with Crippen LogP contribution in [0.25, 0.3) is 20.5 Å². The van der Waals surface area contributed by atoms with Crippen LogP contribution in [-0.4, -0.2) is 34.4 Å². The summed E-state index contributed by atoms with van der Waals surface area (Å²) in [6.07, 6.45) is 1.00. The Morgan fingerprint density at radius 2 is 1.88 bits per heavy atom. The van der Waals surface area contributed by atoms with Crippen LogP contribution < -0.4 is 10.7 Å². The highest BCUT2D eigenvalue weighted by atomic mass is 32.1. The zero-order chi connectivity index (χ0) is 23.3. The third-order valence-corrected chi connectivity index (χ3v) is 8.05. The lowest BCUT2D eigenvalue weighted by atomic mass is 9.81. The fourth-order valence-electron chi connectivity index (χ4n) is 5.43. The second kappa shape index (κ2) is 8.13. The predicted octanol–water partition coefficient (Wildman–Crippen LogP) is 3.23. The second-order valence-corrected chi connectivity index (χ2v) is 11.3. The lowest BCUT2D eigenvalue weighted by molar-refractivity contribution is -0.307. The number of carboxylic acid groups (broad SMARTS) is 1. The molecule has 1 saturated heterocycles. The van der Waals surface area contributed by atoms with Crippen molar-refractivity contribution in [2.24, 2.45) is 11.3 Å². The number of piperidine rings is 1. The molecule has 172 valence electrons. The van der Waals surface area contributed by atoms with Crippen LogP contribution >= 0.6 is 11.3 Å². The van der Waals surface area contributed by atoms with E-state index in [0.717, 1.165) is 27.9 Å². The van der Waals surface area contributed by atoms with Gasteiger partial charge in [-0.25, -0.2) is 0 Å². The largest absolute Gasteiger partial charge is 0.550 e. The minimum Gasteiger partial charge on any atom is -0.550 e. The molecule has 1 amide bonds. The van der Waals surface area contributed by atoms with Crippen LogP contribution in [0.5, 0.6) is 0 Å². The molecule has 0 N–H and O–H groups in total. The van der Waals surface area contributed by atoms with Crippen molar-refractivity contribution >= 4 is 33.3 Å². The van der Waals surface area contributed by atoms with Crippen molar-refractivity contribution in [2.75, 3.05) is 13.1 Å². The van der Waals surface area contributed by atoms with Crippen molar-refractivity contribution in [3.05, 3.63) is 58.5 Å². The van der Waals surface area contributed by atoms with Crippen LogP contribution in [-0.2, 0) is 16.1 Å². The predicted molar refractivity (Wildman–Crippen MR) is 127 cm³/mol. The second-order valence-electron chi connectivity index (χ2n) is 10.2. The van der Waals surface area contributed by atoms with Crippen LogP contribution in [0.3, 0.4) is 0 Å². The van der Waals surface area contributed by atoms with Gasteiger partial charge in [0.05, 0.1) is 5.56 Å². The van der Waals surface area contributed by atoms with Crippen LogP contribution in [0.2, 0.25) is 0 Å². The third-order valence-electron chi connectivity index (χ3n) is 6.90. The molecule has 6 nitrogen and oxygen atoms in total. The minimum atomic E-state index is -1.13. The Balaban J connectivity index is 1.40. The summed E-state index contributed by atoms with van der Waals surface area (Å²) < 4.78 is 3.09. The van der Waals surface area contributed by atoms with Crippen LogP contribution in [0.1, 0.15) is 44.7 Å². The number of amides is 1. The first-order chi connectivity index (χ1) is 15.7. The van der Waals surface area contributed by atoms with Gasteiger partial charge in [0.25, 0.3) is 5.56 Å². The van der Waals surface area contributed by atoms with Gasteiger partial charge in [0.2, 0.25) is 5.91 Å². The number of carbonyl (C=O) groups excluding carboxylic acids is 2. The number of pyridine rings is 1. The molecule has 0 aliphatic carbocycles. The quantitative estimate of drug-likeness (QED) is 0.582. The van der Waals surface area contributed by atoms with Gasteiger partial charge in [-0.2, -0.15) is 0 Å². The normalized spacial score (nSPS) is 20.0. The Hall–Kier alpha value is -2.93. The molecule has 0 saturated carbocycles. The number of nitrogens with zero attached hydrogens (tertiary/aromatic N) is 2. The molecule has 1 aromatic carbocycles. The van der Waals surface area contributed by atoms with E-state index in [0.29, 0.717) is 19.6 Å². The number of hydrogen-bond acceptors (Lipinski definition) is 5. The van der Waals surface area contributed by atoms with E-state index in [9.17, 15) is 19.5 Å². The van der Waals surface area contributed by atoms with Gasteiger partial charge < -0.3 is 19.4 Å². The number of carboxylic acids is 1. The fraction of sp³-hybridized carbons (Fsp3) is 0.423. The van der Waals surface area contributed by atoms with E-state index in [-0.39, 0.29) is 36.1 Å². The molecule has 2 aliphatic heterocycles. The summed E-state index contributed by atoms with van der Waals surface area (Å²) in [6.45, 7) is 5.36. The van der Waals surface area contributed by atoms with Crippen molar-refractivity contribution in [3.63, 3.8) is 0 Å². The summed E-state index contributed by atoms with van der Waals surface area (Å²) >= 11 is 1.64. The first-order valence-corrected chi connectivity index (χ1v) is 12.2. The SMILES string of the molecule is CC(C)(CC(=O)[O-])CC(=O)N1C[C@@H]2C[C@H](C1)c1ccc(-c3cc4ccccc4s3)c(=O)n1C2. The van der Waals surface area contributed by atoms with Gasteiger partial charge in [0.15, 0.2) is 0 Å². The third kappa shape index (κ3) is 4.22. The van der Waals surface area contributed by atoms with E-state index < -0.39 is 11.4 Å².